The molecule has 0 spiro atoms. The molecule has 1 rings (SSSR count). The van der Waals surface area contributed by atoms with Crippen LogP contribution in [0.1, 0.15) is 46.0 Å². The largest absolute Gasteiger partial charge is 0.488 e. The molecule has 2 nitrogen and oxygen atoms in total. The van der Waals surface area contributed by atoms with Gasteiger partial charge in [-0.3, -0.25) is 0 Å². The Morgan fingerprint density at radius 2 is 2.06 bits per heavy atom. The summed E-state index contributed by atoms with van der Waals surface area (Å²) in [5, 5.41) is 0. The van der Waals surface area contributed by atoms with E-state index in [1.165, 1.54) is 25.3 Å². The van der Waals surface area contributed by atoms with Crippen molar-refractivity contribution >= 4 is 28.3 Å². The zero-order chi connectivity index (χ0) is 13.5. The molecule has 0 fully saturated rings. The highest BCUT2D eigenvalue weighted by Gasteiger charge is 2.10. The summed E-state index contributed by atoms with van der Waals surface area (Å²) in [6.45, 7) is 4.19. The fourth-order valence-corrected chi connectivity index (χ4v) is 2.27. The monoisotopic (exact) mass is 365 g/mol. The number of hydrogen-bond acceptors (Lipinski definition) is 2. The van der Waals surface area contributed by atoms with E-state index in [1.807, 2.05) is 29.5 Å². The zero-order valence-corrected chi connectivity index (χ0v) is 13.2. The van der Waals surface area contributed by atoms with Crippen molar-refractivity contribution in [2.24, 2.45) is 0 Å². The van der Waals surface area contributed by atoms with Gasteiger partial charge in [0.05, 0.1) is 15.4 Å². The number of nitrogen functional groups attached to an aromatic ring is 1. The minimum absolute atomic E-state index is 0.0728. The SMILES string of the molecule is CCCCCCC(C)Oc1cc(F)c(I)cc1N. The molecule has 18 heavy (non-hydrogen) atoms. The molecule has 0 aromatic heterocycles. The Hall–Kier alpha value is -0.520. The van der Waals surface area contributed by atoms with Crippen molar-refractivity contribution in [3.05, 3.63) is 21.5 Å². The number of hydrogen-bond donors (Lipinski definition) is 1. The summed E-state index contributed by atoms with van der Waals surface area (Å²) in [5.74, 6) is 0.175. The average Bonchev–Trinajstić information content (AvgIpc) is 2.32. The molecule has 0 aliphatic heterocycles. The lowest BCUT2D eigenvalue weighted by molar-refractivity contribution is 0.207. The van der Waals surface area contributed by atoms with Crippen molar-refractivity contribution < 1.29 is 9.13 Å². The highest BCUT2D eigenvalue weighted by atomic mass is 127. The zero-order valence-electron chi connectivity index (χ0n) is 11.0. The molecule has 2 N–H and O–H groups in total. The van der Waals surface area contributed by atoms with Gasteiger partial charge in [-0.25, -0.2) is 4.39 Å². The summed E-state index contributed by atoms with van der Waals surface area (Å²) in [5.41, 5.74) is 6.32. The molecule has 1 atom stereocenters. The quantitative estimate of drug-likeness (QED) is 0.430. The summed E-state index contributed by atoms with van der Waals surface area (Å²) < 4.78 is 19.6. The Balaban J connectivity index is 2.48. The van der Waals surface area contributed by atoms with Crippen LogP contribution in [-0.4, -0.2) is 6.10 Å². The standard InChI is InChI=1S/C14H21FINO/c1-3-4-5-6-7-10(2)18-14-8-11(15)12(16)9-13(14)17/h8-10H,3-7,17H2,1-2H3. The molecule has 102 valence electrons. The smallest absolute Gasteiger partial charge is 0.145 e. The molecule has 0 aliphatic carbocycles. The Bertz CT molecular complexity index is 384. The Morgan fingerprint density at radius 1 is 1.33 bits per heavy atom. The van der Waals surface area contributed by atoms with Crippen LogP contribution >= 0.6 is 22.6 Å². The first-order valence-electron chi connectivity index (χ1n) is 6.45. The van der Waals surface area contributed by atoms with Crippen LogP contribution in [0.25, 0.3) is 0 Å². The normalized spacial score (nSPS) is 12.4. The minimum Gasteiger partial charge on any atom is -0.488 e. The van der Waals surface area contributed by atoms with Crippen LogP contribution < -0.4 is 10.5 Å². The van der Waals surface area contributed by atoms with Crippen molar-refractivity contribution in [3.8, 4) is 5.75 Å². The fraction of sp³-hybridized carbons (Fsp3) is 0.571. The van der Waals surface area contributed by atoms with E-state index in [0.29, 0.717) is 15.0 Å². The van der Waals surface area contributed by atoms with E-state index in [2.05, 4.69) is 6.92 Å². The highest BCUT2D eigenvalue weighted by Crippen LogP contribution is 2.27. The number of halogens is 2. The van der Waals surface area contributed by atoms with Crippen LogP contribution in [0, 0.1) is 9.39 Å². The molecule has 1 aromatic rings. The number of anilines is 1. The molecule has 0 amide bonds. The average molecular weight is 365 g/mol. The van der Waals surface area contributed by atoms with Gasteiger partial charge >= 0.3 is 0 Å². The van der Waals surface area contributed by atoms with Gasteiger partial charge in [-0.05, 0) is 48.4 Å². The molecule has 0 saturated heterocycles. The van der Waals surface area contributed by atoms with Crippen molar-refractivity contribution in [3.63, 3.8) is 0 Å². The van der Waals surface area contributed by atoms with Gasteiger partial charge in [0.2, 0.25) is 0 Å². The molecule has 4 heteroatoms. The van der Waals surface area contributed by atoms with Crippen molar-refractivity contribution in [1.82, 2.24) is 0 Å². The molecule has 1 aromatic carbocycles. The van der Waals surface area contributed by atoms with Gasteiger partial charge in [-0.15, -0.1) is 0 Å². The lowest BCUT2D eigenvalue weighted by Crippen LogP contribution is -2.13. The molecule has 0 bridgehead atoms. The number of ether oxygens (including phenoxy) is 1. The number of nitrogens with two attached hydrogens (primary N) is 1. The van der Waals surface area contributed by atoms with E-state index in [-0.39, 0.29) is 11.9 Å². The third kappa shape index (κ3) is 5.00. The summed E-state index contributed by atoms with van der Waals surface area (Å²) in [7, 11) is 0. The van der Waals surface area contributed by atoms with Crippen LogP contribution in [0.3, 0.4) is 0 Å². The molecule has 0 heterocycles. The lowest BCUT2D eigenvalue weighted by Gasteiger charge is -2.16. The first-order chi connectivity index (χ1) is 8.54. The van der Waals surface area contributed by atoms with E-state index in [9.17, 15) is 4.39 Å². The van der Waals surface area contributed by atoms with Gasteiger partial charge in [0.1, 0.15) is 11.6 Å². The van der Waals surface area contributed by atoms with Gasteiger partial charge in [0.15, 0.2) is 0 Å². The van der Waals surface area contributed by atoms with Gasteiger partial charge in [-0.1, -0.05) is 26.2 Å². The number of benzene rings is 1. The van der Waals surface area contributed by atoms with Gasteiger partial charge in [0, 0.05) is 6.07 Å². The second-order valence-electron chi connectivity index (χ2n) is 4.58. The van der Waals surface area contributed by atoms with E-state index < -0.39 is 0 Å². The third-order valence-corrected chi connectivity index (χ3v) is 3.67. The second kappa shape index (κ2) is 7.81. The molecule has 0 aliphatic rings. The Morgan fingerprint density at radius 3 is 2.72 bits per heavy atom. The van der Waals surface area contributed by atoms with Crippen LogP contribution in [0.4, 0.5) is 10.1 Å². The molecule has 0 radical (unpaired) electrons. The number of rotatable bonds is 7. The fourth-order valence-electron chi connectivity index (χ4n) is 1.78. The van der Waals surface area contributed by atoms with E-state index in [4.69, 9.17) is 10.5 Å². The van der Waals surface area contributed by atoms with Gasteiger partial charge < -0.3 is 10.5 Å². The Labute approximate surface area is 122 Å². The maximum Gasteiger partial charge on any atom is 0.145 e. The van der Waals surface area contributed by atoms with Crippen LogP contribution in [0.5, 0.6) is 5.75 Å². The maximum atomic E-state index is 13.4. The Kier molecular flexibility index (Phi) is 6.75. The van der Waals surface area contributed by atoms with Crippen LogP contribution in [0.2, 0.25) is 0 Å². The predicted molar refractivity (Wildman–Crippen MR) is 82.4 cm³/mol. The molecular formula is C14H21FINO. The van der Waals surface area contributed by atoms with Crippen LogP contribution in [0.15, 0.2) is 12.1 Å². The van der Waals surface area contributed by atoms with E-state index in [0.717, 1.165) is 12.8 Å². The summed E-state index contributed by atoms with van der Waals surface area (Å²) in [6, 6.07) is 2.98. The topological polar surface area (TPSA) is 35.2 Å². The second-order valence-corrected chi connectivity index (χ2v) is 5.74. The lowest BCUT2D eigenvalue weighted by atomic mass is 10.1. The van der Waals surface area contributed by atoms with Crippen LogP contribution in [-0.2, 0) is 0 Å². The highest BCUT2D eigenvalue weighted by molar-refractivity contribution is 14.1. The maximum absolute atomic E-state index is 13.4. The summed E-state index contributed by atoms with van der Waals surface area (Å²) in [6.07, 6.45) is 5.90. The minimum atomic E-state index is -0.280. The summed E-state index contributed by atoms with van der Waals surface area (Å²) in [4.78, 5) is 0. The van der Waals surface area contributed by atoms with Gasteiger partial charge in [-0.2, -0.15) is 0 Å². The first kappa shape index (κ1) is 15.5. The van der Waals surface area contributed by atoms with E-state index >= 15 is 0 Å². The predicted octanol–water partition coefficient (Wildman–Crippen LogP) is 4.75. The summed E-state index contributed by atoms with van der Waals surface area (Å²) >= 11 is 1.92. The van der Waals surface area contributed by atoms with Crippen molar-refractivity contribution in [1.29, 1.82) is 0 Å². The van der Waals surface area contributed by atoms with E-state index in [1.54, 1.807) is 6.07 Å². The molecule has 0 saturated carbocycles. The first-order valence-corrected chi connectivity index (χ1v) is 7.53. The molecular weight excluding hydrogens is 344 g/mol. The van der Waals surface area contributed by atoms with Crippen molar-refractivity contribution in [2.75, 3.05) is 5.73 Å². The van der Waals surface area contributed by atoms with Gasteiger partial charge in [0.25, 0.3) is 0 Å². The third-order valence-electron chi connectivity index (χ3n) is 2.85. The van der Waals surface area contributed by atoms with Crippen molar-refractivity contribution in [2.45, 2.75) is 52.1 Å². The molecule has 1 unspecified atom stereocenters. The number of unbranched alkanes of at least 4 members (excludes halogenated alkanes) is 3.